The van der Waals surface area contributed by atoms with Crippen molar-refractivity contribution in [1.29, 1.82) is 0 Å². The van der Waals surface area contributed by atoms with Crippen LogP contribution in [0.15, 0.2) is 48.8 Å². The molecule has 3 heterocycles. The molecule has 2 amide bonds. The normalized spacial score (nSPS) is 15.8. The summed E-state index contributed by atoms with van der Waals surface area (Å²) in [5.74, 6) is -2.66. The first-order valence-electron chi connectivity index (χ1n) is 9.27. The average Bonchev–Trinajstić information content (AvgIpc) is 3.21. The van der Waals surface area contributed by atoms with Crippen LogP contribution in [0.5, 0.6) is 0 Å². The fourth-order valence-corrected chi connectivity index (χ4v) is 3.31. The zero-order chi connectivity index (χ0) is 21.3. The van der Waals surface area contributed by atoms with Gasteiger partial charge in [-0.25, -0.2) is 9.37 Å². The Balaban J connectivity index is 1.53. The van der Waals surface area contributed by atoms with E-state index in [1.54, 1.807) is 24.5 Å². The predicted octanol–water partition coefficient (Wildman–Crippen LogP) is 1.89. The minimum atomic E-state index is -0.971. The van der Waals surface area contributed by atoms with E-state index in [2.05, 4.69) is 20.3 Å². The molecule has 0 saturated carbocycles. The van der Waals surface area contributed by atoms with Crippen LogP contribution in [0.2, 0.25) is 0 Å². The number of aromatic amines is 1. The van der Waals surface area contributed by atoms with Gasteiger partial charge in [-0.1, -0.05) is 12.1 Å². The third-order valence-corrected chi connectivity index (χ3v) is 4.96. The van der Waals surface area contributed by atoms with E-state index in [0.29, 0.717) is 5.56 Å². The van der Waals surface area contributed by atoms with Gasteiger partial charge in [-0.2, -0.15) is 0 Å². The molecule has 1 aliphatic rings. The maximum atomic E-state index is 13.1. The van der Waals surface area contributed by atoms with Gasteiger partial charge in [0.1, 0.15) is 17.4 Å². The summed E-state index contributed by atoms with van der Waals surface area (Å²) in [5, 5.41) is 2.71. The molecule has 0 saturated heterocycles. The van der Waals surface area contributed by atoms with Crippen molar-refractivity contribution in [2.75, 3.05) is 11.9 Å². The minimum absolute atomic E-state index is 0.0514. The summed E-state index contributed by atoms with van der Waals surface area (Å²) in [6.45, 7) is 0.266. The van der Waals surface area contributed by atoms with Gasteiger partial charge in [0.15, 0.2) is 17.4 Å². The smallest absolute Gasteiger partial charge is 0.287 e. The summed E-state index contributed by atoms with van der Waals surface area (Å²) in [4.78, 5) is 50.2. The maximum Gasteiger partial charge on any atom is 0.287 e. The first kappa shape index (κ1) is 19.4. The van der Waals surface area contributed by atoms with Gasteiger partial charge in [0.25, 0.3) is 5.91 Å². The van der Waals surface area contributed by atoms with Crippen LogP contribution in [0.1, 0.15) is 32.2 Å². The highest BCUT2D eigenvalue weighted by molar-refractivity contribution is 6.20. The van der Waals surface area contributed by atoms with Gasteiger partial charge in [-0.3, -0.25) is 24.3 Å². The lowest BCUT2D eigenvalue weighted by molar-refractivity contribution is -0.121. The third kappa shape index (κ3) is 3.69. The third-order valence-electron chi connectivity index (χ3n) is 4.96. The lowest BCUT2D eigenvalue weighted by atomic mass is 9.89. The lowest BCUT2D eigenvalue weighted by Gasteiger charge is -2.26. The number of hydrogen-bond donors (Lipinski definition) is 2. The fraction of sp³-hybridized carbons (Fsp3) is 0.190. The Morgan fingerprint density at radius 3 is 2.53 bits per heavy atom. The number of halogens is 1. The number of benzene rings is 1. The first-order chi connectivity index (χ1) is 14.4. The summed E-state index contributed by atoms with van der Waals surface area (Å²) in [6, 6.07) is 9.17. The number of Topliss-reactive ketones (excluding diaryl/α,β-unsaturated/α-hetero) is 1. The Bertz CT molecular complexity index is 1110. The minimum Gasteiger partial charge on any atom is -0.345 e. The summed E-state index contributed by atoms with van der Waals surface area (Å²) < 4.78 is 13.1. The second kappa shape index (κ2) is 7.86. The Labute approximate surface area is 171 Å². The highest BCUT2D eigenvalue weighted by Crippen LogP contribution is 2.29. The Morgan fingerprint density at radius 1 is 1.13 bits per heavy atom. The summed E-state index contributed by atoms with van der Waals surface area (Å²) in [6.07, 6.45) is 3.37. The number of anilines is 1. The zero-order valence-electron chi connectivity index (χ0n) is 16.1. The van der Waals surface area contributed by atoms with Gasteiger partial charge >= 0.3 is 0 Å². The fourth-order valence-electron chi connectivity index (χ4n) is 3.31. The molecule has 0 radical (unpaired) electrons. The zero-order valence-corrected chi connectivity index (χ0v) is 16.1. The Kier molecular flexibility index (Phi) is 5.09. The van der Waals surface area contributed by atoms with Crippen molar-refractivity contribution in [3.63, 3.8) is 0 Å². The molecule has 0 fully saturated rings. The monoisotopic (exact) mass is 407 g/mol. The van der Waals surface area contributed by atoms with Gasteiger partial charge < -0.3 is 10.3 Å². The number of rotatable bonds is 5. The number of pyridine rings is 1. The number of imidazole rings is 1. The highest BCUT2D eigenvalue weighted by Gasteiger charge is 2.40. The Morgan fingerprint density at radius 2 is 1.83 bits per heavy atom. The molecule has 8 nitrogen and oxygen atoms in total. The van der Waals surface area contributed by atoms with Crippen LogP contribution in [0.4, 0.5) is 10.2 Å². The average molecular weight is 407 g/mol. The number of aromatic nitrogens is 3. The van der Waals surface area contributed by atoms with Crippen molar-refractivity contribution in [2.24, 2.45) is 5.92 Å². The van der Waals surface area contributed by atoms with E-state index >= 15 is 0 Å². The quantitative estimate of drug-likeness (QED) is 0.628. The number of ketones is 1. The molecule has 1 aliphatic heterocycles. The topological polar surface area (TPSA) is 108 Å². The van der Waals surface area contributed by atoms with Crippen molar-refractivity contribution in [2.45, 2.75) is 13.0 Å². The second-order valence-corrected chi connectivity index (χ2v) is 6.97. The maximum absolute atomic E-state index is 13.1. The first-order valence-corrected chi connectivity index (χ1v) is 9.27. The molecule has 2 aromatic heterocycles. The van der Waals surface area contributed by atoms with Crippen LogP contribution in [0.3, 0.4) is 0 Å². The van der Waals surface area contributed by atoms with Gasteiger partial charge in [-0.05, 0) is 41.8 Å². The van der Waals surface area contributed by atoms with Crippen molar-refractivity contribution in [3.8, 4) is 0 Å². The molecule has 1 unspecified atom stereocenters. The van der Waals surface area contributed by atoms with Gasteiger partial charge in [0.05, 0.1) is 0 Å². The second-order valence-electron chi connectivity index (χ2n) is 6.97. The van der Waals surface area contributed by atoms with E-state index in [1.807, 2.05) is 0 Å². The number of amides is 2. The van der Waals surface area contributed by atoms with Gasteiger partial charge in [0.2, 0.25) is 5.91 Å². The molecule has 0 aliphatic carbocycles. The number of nitrogens with one attached hydrogen (secondary N) is 2. The van der Waals surface area contributed by atoms with Crippen LogP contribution < -0.4 is 10.2 Å². The number of fused-ring (bicyclic) bond motifs is 1. The molecule has 0 bridgehead atoms. The lowest BCUT2D eigenvalue weighted by Crippen LogP contribution is -2.43. The van der Waals surface area contributed by atoms with Crippen LogP contribution in [-0.2, 0) is 17.8 Å². The van der Waals surface area contributed by atoms with E-state index in [4.69, 9.17) is 0 Å². The van der Waals surface area contributed by atoms with E-state index in [1.165, 1.54) is 36.2 Å². The Hall–Kier alpha value is -3.88. The van der Waals surface area contributed by atoms with Crippen LogP contribution >= 0.6 is 0 Å². The molecule has 30 heavy (non-hydrogen) atoms. The molecule has 0 spiro atoms. The number of nitrogens with zero attached hydrogens (tertiary/aromatic N) is 3. The van der Waals surface area contributed by atoms with E-state index in [0.717, 1.165) is 5.56 Å². The van der Waals surface area contributed by atoms with Crippen LogP contribution in [0, 0.1) is 11.7 Å². The van der Waals surface area contributed by atoms with Crippen molar-refractivity contribution < 1.29 is 18.8 Å². The molecule has 152 valence electrons. The van der Waals surface area contributed by atoms with Crippen molar-refractivity contribution in [3.05, 3.63) is 77.3 Å². The number of carbonyl (C=O) groups is 3. The molecule has 3 aromatic rings. The molecule has 9 heteroatoms. The van der Waals surface area contributed by atoms with Gasteiger partial charge in [-0.15, -0.1) is 0 Å². The van der Waals surface area contributed by atoms with E-state index in [-0.39, 0.29) is 30.3 Å². The summed E-state index contributed by atoms with van der Waals surface area (Å²) in [7, 11) is 1.50. The van der Waals surface area contributed by atoms with Crippen LogP contribution in [0.25, 0.3) is 0 Å². The van der Waals surface area contributed by atoms with Gasteiger partial charge in [0, 0.05) is 26.0 Å². The number of carbonyl (C=O) groups excluding carboxylic acids is 3. The van der Waals surface area contributed by atoms with Crippen molar-refractivity contribution >= 4 is 23.4 Å². The number of H-pyrrole nitrogens is 1. The molecule has 2 N–H and O–H groups in total. The SMILES string of the molecule is CN1C(=O)C(Cc2ccc(F)cc2)C(=O)c2[nH]c(C(=O)NCc3ccncc3)nc21. The summed E-state index contributed by atoms with van der Waals surface area (Å²) >= 11 is 0. The van der Waals surface area contributed by atoms with E-state index in [9.17, 15) is 18.8 Å². The summed E-state index contributed by atoms with van der Waals surface area (Å²) in [5.41, 5.74) is 1.63. The standard InChI is InChI=1S/C21H18FN5O3/c1-27-19-16(17(28)15(21(27)30)10-12-2-4-14(22)5-3-12)25-18(26-19)20(29)24-11-13-6-8-23-9-7-13/h2-9,15H,10-11H2,1H3,(H,24,29)(H,25,26). The molecule has 1 aromatic carbocycles. The highest BCUT2D eigenvalue weighted by atomic mass is 19.1. The molecule has 4 rings (SSSR count). The molecular weight excluding hydrogens is 389 g/mol. The largest absolute Gasteiger partial charge is 0.345 e. The van der Waals surface area contributed by atoms with Crippen molar-refractivity contribution in [1.82, 2.24) is 20.3 Å². The molecule has 1 atom stereocenters. The predicted molar refractivity (Wildman–Crippen MR) is 105 cm³/mol. The van der Waals surface area contributed by atoms with E-state index < -0.39 is 29.3 Å². The number of hydrogen-bond acceptors (Lipinski definition) is 5. The molecular formula is C21H18FN5O3. The van der Waals surface area contributed by atoms with Crippen LogP contribution in [-0.4, -0.2) is 39.6 Å².